The molecule has 0 unspecified atom stereocenters. The topological polar surface area (TPSA) is 35.2 Å². The van der Waals surface area contributed by atoms with E-state index in [9.17, 15) is 8.78 Å². The van der Waals surface area contributed by atoms with Gasteiger partial charge in [-0.25, -0.2) is 8.78 Å². The van der Waals surface area contributed by atoms with Gasteiger partial charge in [0.2, 0.25) is 0 Å². The molecule has 0 radical (unpaired) electrons. The van der Waals surface area contributed by atoms with Crippen molar-refractivity contribution in [3.63, 3.8) is 0 Å². The average Bonchev–Trinajstić information content (AvgIpc) is 2.48. The SMILES string of the molecule is Cc1ccc(F)cc1OCc1ccc(F)c(C#CCN)c1. The lowest BCUT2D eigenvalue weighted by molar-refractivity contribution is 0.302. The largest absolute Gasteiger partial charge is 0.489 e. The molecule has 0 amide bonds. The molecule has 0 aliphatic carbocycles. The molecule has 2 aromatic rings. The lowest BCUT2D eigenvalue weighted by Crippen LogP contribution is -1.99. The first-order chi connectivity index (χ1) is 10.1. The zero-order valence-corrected chi connectivity index (χ0v) is 11.6. The van der Waals surface area contributed by atoms with E-state index >= 15 is 0 Å². The summed E-state index contributed by atoms with van der Waals surface area (Å²) in [4.78, 5) is 0. The fraction of sp³-hybridized carbons (Fsp3) is 0.176. The molecule has 0 heterocycles. The summed E-state index contributed by atoms with van der Waals surface area (Å²) in [6.45, 7) is 2.21. The molecule has 0 saturated heterocycles. The monoisotopic (exact) mass is 287 g/mol. The van der Waals surface area contributed by atoms with Crippen molar-refractivity contribution in [1.82, 2.24) is 0 Å². The first kappa shape index (κ1) is 15.0. The quantitative estimate of drug-likeness (QED) is 0.880. The molecule has 21 heavy (non-hydrogen) atoms. The summed E-state index contributed by atoms with van der Waals surface area (Å²) in [5.41, 5.74) is 7.14. The molecule has 0 spiro atoms. The second-order valence-corrected chi connectivity index (χ2v) is 4.52. The molecule has 4 heteroatoms. The van der Waals surface area contributed by atoms with Crippen molar-refractivity contribution in [2.45, 2.75) is 13.5 Å². The van der Waals surface area contributed by atoms with Gasteiger partial charge in [-0.05, 0) is 36.2 Å². The van der Waals surface area contributed by atoms with Crippen LogP contribution in [0.2, 0.25) is 0 Å². The van der Waals surface area contributed by atoms with E-state index in [1.54, 1.807) is 18.2 Å². The van der Waals surface area contributed by atoms with Gasteiger partial charge < -0.3 is 10.5 Å². The molecule has 0 bridgehead atoms. The van der Waals surface area contributed by atoms with Crippen LogP contribution in [0.25, 0.3) is 0 Å². The zero-order valence-electron chi connectivity index (χ0n) is 11.6. The lowest BCUT2D eigenvalue weighted by Gasteiger charge is -2.09. The number of halogens is 2. The number of rotatable bonds is 3. The zero-order chi connectivity index (χ0) is 15.2. The highest BCUT2D eigenvalue weighted by Gasteiger charge is 2.05. The highest BCUT2D eigenvalue weighted by molar-refractivity contribution is 5.39. The Balaban J connectivity index is 2.15. The Hall–Kier alpha value is -2.38. The van der Waals surface area contributed by atoms with Crippen LogP contribution in [0.4, 0.5) is 8.78 Å². The fourth-order valence-electron chi connectivity index (χ4n) is 1.79. The third-order valence-electron chi connectivity index (χ3n) is 2.90. The van der Waals surface area contributed by atoms with Crippen LogP contribution < -0.4 is 10.5 Å². The van der Waals surface area contributed by atoms with Gasteiger partial charge in [0.1, 0.15) is 24.0 Å². The van der Waals surface area contributed by atoms with Crippen molar-refractivity contribution < 1.29 is 13.5 Å². The van der Waals surface area contributed by atoms with Crippen LogP contribution >= 0.6 is 0 Å². The Morgan fingerprint density at radius 2 is 1.95 bits per heavy atom. The predicted molar refractivity (Wildman–Crippen MR) is 77.8 cm³/mol. The normalized spacial score (nSPS) is 9.90. The van der Waals surface area contributed by atoms with Crippen LogP contribution in [0.5, 0.6) is 5.75 Å². The molecule has 2 N–H and O–H groups in total. The van der Waals surface area contributed by atoms with Gasteiger partial charge in [0.05, 0.1) is 12.1 Å². The molecule has 0 fully saturated rings. The summed E-state index contributed by atoms with van der Waals surface area (Å²) < 4.78 is 32.3. The van der Waals surface area contributed by atoms with Crippen molar-refractivity contribution in [3.8, 4) is 17.6 Å². The van der Waals surface area contributed by atoms with Crippen LogP contribution in [-0.4, -0.2) is 6.54 Å². The average molecular weight is 287 g/mol. The van der Waals surface area contributed by atoms with Crippen molar-refractivity contribution in [2.24, 2.45) is 5.73 Å². The predicted octanol–water partition coefficient (Wildman–Crippen LogP) is 3.16. The number of nitrogens with two attached hydrogens (primary N) is 1. The Labute approximate surface area is 122 Å². The van der Waals surface area contributed by atoms with Gasteiger partial charge in [-0.15, -0.1) is 0 Å². The lowest BCUT2D eigenvalue weighted by atomic mass is 10.1. The van der Waals surface area contributed by atoms with Crippen molar-refractivity contribution in [2.75, 3.05) is 6.54 Å². The van der Waals surface area contributed by atoms with E-state index in [0.717, 1.165) is 11.1 Å². The molecule has 0 atom stereocenters. The van der Waals surface area contributed by atoms with Crippen molar-refractivity contribution in [3.05, 3.63) is 64.7 Å². The highest BCUT2D eigenvalue weighted by Crippen LogP contribution is 2.20. The summed E-state index contributed by atoms with van der Waals surface area (Å²) in [5, 5.41) is 0. The number of aryl methyl sites for hydroxylation is 1. The summed E-state index contributed by atoms with van der Waals surface area (Å²) in [6, 6.07) is 8.89. The van der Waals surface area contributed by atoms with Crippen molar-refractivity contribution in [1.29, 1.82) is 0 Å². The van der Waals surface area contributed by atoms with Crippen LogP contribution in [0.1, 0.15) is 16.7 Å². The minimum absolute atomic E-state index is 0.169. The van der Waals surface area contributed by atoms with E-state index in [4.69, 9.17) is 10.5 Å². The van der Waals surface area contributed by atoms with Gasteiger partial charge in [0, 0.05) is 6.07 Å². The van der Waals surface area contributed by atoms with Gasteiger partial charge in [-0.1, -0.05) is 24.0 Å². The first-order valence-electron chi connectivity index (χ1n) is 6.46. The van der Waals surface area contributed by atoms with E-state index in [-0.39, 0.29) is 24.5 Å². The van der Waals surface area contributed by atoms with Crippen LogP contribution in [0.15, 0.2) is 36.4 Å². The maximum atomic E-state index is 13.5. The Kier molecular flexibility index (Phi) is 4.91. The Morgan fingerprint density at radius 3 is 2.71 bits per heavy atom. The van der Waals surface area contributed by atoms with E-state index in [1.165, 1.54) is 18.2 Å². The molecule has 2 aromatic carbocycles. The Morgan fingerprint density at radius 1 is 1.14 bits per heavy atom. The first-order valence-corrected chi connectivity index (χ1v) is 6.46. The number of hydrogen-bond acceptors (Lipinski definition) is 2. The molecule has 0 aliphatic heterocycles. The van der Waals surface area contributed by atoms with Crippen molar-refractivity contribution >= 4 is 0 Å². The van der Waals surface area contributed by atoms with Gasteiger partial charge in [-0.3, -0.25) is 0 Å². The minimum Gasteiger partial charge on any atom is -0.489 e. The Bertz CT molecular complexity index is 702. The van der Waals surface area contributed by atoms with Crippen LogP contribution in [0, 0.1) is 30.4 Å². The van der Waals surface area contributed by atoms with Gasteiger partial charge in [0.15, 0.2) is 0 Å². The fourth-order valence-corrected chi connectivity index (χ4v) is 1.79. The molecular formula is C17H15F2NO. The third-order valence-corrected chi connectivity index (χ3v) is 2.90. The molecule has 108 valence electrons. The molecule has 0 saturated carbocycles. The van der Waals surface area contributed by atoms with E-state index in [1.807, 2.05) is 6.92 Å². The van der Waals surface area contributed by atoms with Crippen LogP contribution in [0.3, 0.4) is 0 Å². The number of ether oxygens (including phenoxy) is 1. The molecule has 2 nitrogen and oxygen atoms in total. The molecule has 0 aromatic heterocycles. The smallest absolute Gasteiger partial charge is 0.138 e. The molecule has 2 rings (SSSR count). The summed E-state index contributed by atoms with van der Waals surface area (Å²) in [7, 11) is 0. The van der Waals surface area contributed by atoms with Gasteiger partial charge in [-0.2, -0.15) is 0 Å². The summed E-state index contributed by atoms with van der Waals surface area (Å²) in [5.74, 6) is 4.98. The molecular weight excluding hydrogens is 272 g/mol. The standard InChI is InChI=1S/C17H15F2NO/c1-12-4-6-15(18)10-17(12)21-11-13-5-7-16(19)14(9-13)3-2-8-20/h4-7,9-10H,8,11,20H2,1H3. The highest BCUT2D eigenvalue weighted by atomic mass is 19.1. The summed E-state index contributed by atoms with van der Waals surface area (Å²) in [6.07, 6.45) is 0. The van der Waals surface area contributed by atoms with Crippen LogP contribution in [-0.2, 0) is 6.61 Å². The van der Waals surface area contributed by atoms with E-state index < -0.39 is 5.82 Å². The van der Waals surface area contributed by atoms with Gasteiger partial charge >= 0.3 is 0 Å². The molecule has 0 aliphatic rings. The second kappa shape index (κ2) is 6.87. The second-order valence-electron chi connectivity index (χ2n) is 4.52. The summed E-state index contributed by atoms with van der Waals surface area (Å²) >= 11 is 0. The third kappa shape index (κ3) is 4.04. The maximum absolute atomic E-state index is 13.5. The number of benzene rings is 2. The van der Waals surface area contributed by atoms with E-state index in [0.29, 0.717) is 5.75 Å². The number of hydrogen-bond donors (Lipinski definition) is 1. The van der Waals surface area contributed by atoms with Gasteiger partial charge in [0.25, 0.3) is 0 Å². The van der Waals surface area contributed by atoms with E-state index in [2.05, 4.69) is 11.8 Å². The minimum atomic E-state index is -0.401. The maximum Gasteiger partial charge on any atom is 0.138 e.